The zero-order valence-corrected chi connectivity index (χ0v) is 15.0. The summed E-state index contributed by atoms with van der Waals surface area (Å²) < 4.78 is 10.7. The first-order valence-corrected chi connectivity index (χ1v) is 8.10. The van der Waals surface area contributed by atoms with Gasteiger partial charge in [-0.15, -0.1) is 0 Å². The molecule has 0 heterocycles. The van der Waals surface area contributed by atoms with Gasteiger partial charge in [0.05, 0.1) is 12.6 Å². The van der Waals surface area contributed by atoms with E-state index in [4.69, 9.17) is 14.6 Å². The van der Waals surface area contributed by atoms with E-state index in [9.17, 15) is 9.59 Å². The second-order valence-corrected chi connectivity index (χ2v) is 6.11. The number of benzene rings is 1. The molecule has 2 N–H and O–H groups in total. The molecule has 134 valence electrons. The third kappa shape index (κ3) is 5.85. The Bertz CT molecular complexity index is 560. The molecular formula is C18H27NO5. The van der Waals surface area contributed by atoms with Crippen LogP contribution in [0.25, 0.3) is 0 Å². The molecule has 6 nitrogen and oxygen atoms in total. The van der Waals surface area contributed by atoms with E-state index in [1.54, 1.807) is 26.0 Å². The van der Waals surface area contributed by atoms with Crippen molar-refractivity contribution in [1.82, 2.24) is 5.32 Å². The maximum absolute atomic E-state index is 12.5. The summed E-state index contributed by atoms with van der Waals surface area (Å²) in [4.78, 5) is 23.1. The van der Waals surface area contributed by atoms with Gasteiger partial charge in [-0.25, -0.2) is 4.79 Å². The number of amides is 1. The molecule has 24 heavy (non-hydrogen) atoms. The molecule has 1 amide bonds. The fourth-order valence-corrected chi connectivity index (χ4v) is 2.34. The molecule has 1 aromatic rings. The first-order chi connectivity index (χ1) is 11.3. The maximum atomic E-state index is 12.5. The highest BCUT2D eigenvalue weighted by molar-refractivity contribution is 5.95. The molecule has 0 fully saturated rings. The van der Waals surface area contributed by atoms with Gasteiger partial charge in [0.1, 0.15) is 5.75 Å². The number of aliphatic carboxylic acids is 1. The second-order valence-electron chi connectivity index (χ2n) is 6.11. The van der Waals surface area contributed by atoms with Crippen LogP contribution >= 0.6 is 0 Å². The molecule has 6 heteroatoms. The molecule has 0 aliphatic heterocycles. The molecule has 0 radical (unpaired) electrons. The molecule has 0 aliphatic carbocycles. The van der Waals surface area contributed by atoms with Crippen LogP contribution in [0.4, 0.5) is 0 Å². The van der Waals surface area contributed by atoms with Gasteiger partial charge in [-0.05, 0) is 49.9 Å². The van der Waals surface area contributed by atoms with E-state index in [1.165, 1.54) is 0 Å². The number of rotatable bonds is 9. The van der Waals surface area contributed by atoms with Crippen LogP contribution in [-0.2, 0) is 9.53 Å². The van der Waals surface area contributed by atoms with Crippen LogP contribution in [0.2, 0.25) is 0 Å². The van der Waals surface area contributed by atoms with Gasteiger partial charge in [-0.2, -0.15) is 0 Å². The van der Waals surface area contributed by atoms with Crippen LogP contribution in [0.15, 0.2) is 12.1 Å². The Kier molecular flexibility index (Phi) is 7.71. The first kappa shape index (κ1) is 20.0. The summed E-state index contributed by atoms with van der Waals surface area (Å²) in [6, 6.07) is 3.34. The fraction of sp³-hybridized carbons (Fsp3) is 0.556. The Balaban J connectivity index is 2.89. The predicted octanol–water partition coefficient (Wildman–Crippen LogP) is 2.56. The lowest BCUT2D eigenvalue weighted by atomic mass is 10.0. The lowest BCUT2D eigenvalue weighted by molar-refractivity contribution is -0.139. The highest BCUT2D eigenvalue weighted by Gasteiger charge is 2.19. The predicted molar refractivity (Wildman–Crippen MR) is 91.6 cm³/mol. The van der Waals surface area contributed by atoms with Crippen molar-refractivity contribution < 1.29 is 24.2 Å². The molecule has 1 aromatic carbocycles. The molecule has 1 unspecified atom stereocenters. The van der Waals surface area contributed by atoms with Crippen LogP contribution in [0.3, 0.4) is 0 Å². The standard InChI is InChI=1S/C18H27NO5/c1-6-23-9-15(11(2)3)19-18(22)14-7-12(4)17(13(5)8-14)24-10-16(20)21/h7-8,11,15H,6,9-10H2,1-5H3,(H,19,22)(H,20,21). The molecule has 0 bridgehead atoms. The van der Waals surface area contributed by atoms with E-state index in [2.05, 4.69) is 5.32 Å². The average Bonchev–Trinajstić information content (AvgIpc) is 2.49. The van der Waals surface area contributed by atoms with Crippen molar-refractivity contribution in [2.75, 3.05) is 19.8 Å². The minimum Gasteiger partial charge on any atom is -0.481 e. The molecular weight excluding hydrogens is 310 g/mol. The Hall–Kier alpha value is -2.08. The van der Waals surface area contributed by atoms with Gasteiger partial charge in [-0.1, -0.05) is 13.8 Å². The summed E-state index contributed by atoms with van der Waals surface area (Å²) in [5.74, 6) is -0.458. The van der Waals surface area contributed by atoms with E-state index in [0.29, 0.717) is 24.5 Å². The average molecular weight is 337 g/mol. The maximum Gasteiger partial charge on any atom is 0.341 e. The number of ether oxygens (including phenoxy) is 2. The third-order valence-corrected chi connectivity index (χ3v) is 3.69. The molecule has 0 saturated heterocycles. The molecule has 0 saturated carbocycles. The Morgan fingerprint density at radius 1 is 1.21 bits per heavy atom. The number of nitrogens with one attached hydrogen (secondary N) is 1. The smallest absolute Gasteiger partial charge is 0.341 e. The van der Waals surface area contributed by atoms with Gasteiger partial charge in [0.25, 0.3) is 5.91 Å². The van der Waals surface area contributed by atoms with Gasteiger partial charge in [-0.3, -0.25) is 4.79 Å². The Morgan fingerprint density at radius 2 is 1.79 bits per heavy atom. The van der Waals surface area contributed by atoms with E-state index < -0.39 is 12.6 Å². The van der Waals surface area contributed by atoms with Crippen molar-refractivity contribution in [2.45, 2.75) is 40.7 Å². The zero-order chi connectivity index (χ0) is 18.3. The van der Waals surface area contributed by atoms with Gasteiger partial charge in [0.2, 0.25) is 0 Å². The molecule has 0 aliphatic rings. The number of carbonyl (C=O) groups excluding carboxylic acids is 1. The number of aryl methyl sites for hydroxylation is 2. The zero-order valence-electron chi connectivity index (χ0n) is 15.0. The normalized spacial score (nSPS) is 12.1. The van der Waals surface area contributed by atoms with Crippen LogP contribution in [0.5, 0.6) is 5.75 Å². The van der Waals surface area contributed by atoms with Gasteiger partial charge >= 0.3 is 5.97 Å². The highest BCUT2D eigenvalue weighted by atomic mass is 16.5. The summed E-state index contributed by atoms with van der Waals surface area (Å²) in [5.41, 5.74) is 1.98. The summed E-state index contributed by atoms with van der Waals surface area (Å²) in [6.45, 7) is 10.2. The lowest BCUT2D eigenvalue weighted by Crippen LogP contribution is -2.42. The largest absolute Gasteiger partial charge is 0.481 e. The lowest BCUT2D eigenvalue weighted by Gasteiger charge is -2.22. The van der Waals surface area contributed by atoms with Gasteiger partial charge in [0.15, 0.2) is 6.61 Å². The van der Waals surface area contributed by atoms with Gasteiger partial charge in [0, 0.05) is 12.2 Å². The van der Waals surface area contributed by atoms with Gasteiger partial charge < -0.3 is 19.9 Å². The monoisotopic (exact) mass is 337 g/mol. The summed E-state index contributed by atoms with van der Waals surface area (Å²) >= 11 is 0. The number of carbonyl (C=O) groups is 2. The molecule has 1 rings (SSSR count). The van der Waals surface area contributed by atoms with Crippen LogP contribution < -0.4 is 10.1 Å². The van der Waals surface area contributed by atoms with Crippen molar-refractivity contribution in [3.8, 4) is 5.75 Å². The van der Waals surface area contributed by atoms with E-state index in [-0.39, 0.29) is 17.9 Å². The first-order valence-electron chi connectivity index (χ1n) is 8.10. The topological polar surface area (TPSA) is 84.9 Å². The van der Waals surface area contributed by atoms with Crippen molar-refractivity contribution in [3.05, 3.63) is 28.8 Å². The molecule has 0 spiro atoms. The summed E-state index contributed by atoms with van der Waals surface area (Å²) in [6.07, 6.45) is 0. The van der Waals surface area contributed by atoms with Crippen LogP contribution in [0, 0.1) is 19.8 Å². The summed E-state index contributed by atoms with van der Waals surface area (Å²) in [7, 11) is 0. The van der Waals surface area contributed by atoms with Crippen LogP contribution in [0.1, 0.15) is 42.3 Å². The highest BCUT2D eigenvalue weighted by Crippen LogP contribution is 2.25. The van der Waals surface area contributed by atoms with Crippen molar-refractivity contribution >= 4 is 11.9 Å². The molecule has 1 atom stereocenters. The minimum atomic E-state index is -1.04. The van der Waals surface area contributed by atoms with E-state index in [1.807, 2.05) is 20.8 Å². The Morgan fingerprint density at radius 3 is 2.25 bits per heavy atom. The second kappa shape index (κ2) is 9.27. The fourth-order valence-electron chi connectivity index (χ4n) is 2.34. The van der Waals surface area contributed by atoms with Crippen molar-refractivity contribution in [3.63, 3.8) is 0 Å². The summed E-state index contributed by atoms with van der Waals surface area (Å²) in [5, 5.41) is 11.7. The van der Waals surface area contributed by atoms with E-state index >= 15 is 0 Å². The van der Waals surface area contributed by atoms with Crippen LogP contribution in [-0.4, -0.2) is 42.8 Å². The quantitative estimate of drug-likeness (QED) is 0.723. The Labute approximate surface area is 143 Å². The third-order valence-electron chi connectivity index (χ3n) is 3.69. The molecule has 0 aromatic heterocycles. The number of carboxylic acid groups (broad SMARTS) is 1. The van der Waals surface area contributed by atoms with E-state index in [0.717, 1.165) is 11.1 Å². The van der Waals surface area contributed by atoms with Crippen molar-refractivity contribution in [2.24, 2.45) is 5.92 Å². The number of carboxylic acids is 1. The number of hydrogen-bond acceptors (Lipinski definition) is 4. The minimum absolute atomic E-state index is 0.0685. The SMILES string of the molecule is CCOCC(NC(=O)c1cc(C)c(OCC(=O)O)c(C)c1)C(C)C. The van der Waals surface area contributed by atoms with Crippen molar-refractivity contribution in [1.29, 1.82) is 0 Å². The number of hydrogen-bond donors (Lipinski definition) is 2.